The lowest BCUT2D eigenvalue weighted by atomic mass is 9.33. The smallest absolute Gasteiger partial charge is 0.243 e. The monoisotopic (exact) mass is 900 g/mol. The molecule has 0 N–H and O–H groups in total. The van der Waals surface area contributed by atoms with E-state index in [-0.39, 0.29) is 6.71 Å². The topological polar surface area (TPSA) is 41.9 Å². The lowest BCUT2D eigenvalue weighted by molar-refractivity contribution is 1.03. The maximum atomic E-state index is 5.57. The Balaban J connectivity index is 1.19. The molecule has 0 amide bonds. The summed E-state index contributed by atoms with van der Waals surface area (Å²) in [5, 5.41) is 4.48. The minimum Gasteiger partial charge on any atom is -0.278 e. The van der Waals surface area contributed by atoms with E-state index >= 15 is 0 Å². The first-order valence-corrected chi connectivity index (χ1v) is 24.2. The Labute approximate surface area is 412 Å². The van der Waals surface area contributed by atoms with Crippen molar-refractivity contribution in [1.82, 2.24) is 15.0 Å². The molecule has 0 spiro atoms. The third-order valence-electron chi connectivity index (χ3n) is 13.9. The van der Waals surface area contributed by atoms with Crippen molar-refractivity contribution < 1.29 is 0 Å². The zero-order valence-corrected chi connectivity index (χ0v) is 40.6. The van der Waals surface area contributed by atoms with Gasteiger partial charge in [-0.05, 0) is 92.8 Å². The summed E-state index contributed by atoms with van der Waals surface area (Å²) in [6.45, 7) is 13.5. The average molecular weight is 901 g/mol. The van der Waals surface area contributed by atoms with Crippen molar-refractivity contribution in [2.24, 2.45) is 0 Å². The largest absolute Gasteiger partial charge is 0.278 e. The fourth-order valence-electron chi connectivity index (χ4n) is 11.0. The van der Waals surface area contributed by atoms with Crippen molar-refractivity contribution in [3.05, 3.63) is 246 Å². The molecule has 336 valence electrons. The van der Waals surface area contributed by atoms with Gasteiger partial charge in [0.1, 0.15) is 0 Å². The molecule has 0 saturated heterocycles. The van der Waals surface area contributed by atoms with Crippen LogP contribution in [0.5, 0.6) is 0 Å². The Bertz CT molecular complexity index is 3610. The predicted molar refractivity (Wildman–Crippen MR) is 297 cm³/mol. The third kappa shape index (κ3) is 8.24. The molecule has 0 unspecified atom stereocenters. The highest BCUT2D eigenvalue weighted by Crippen LogP contribution is 2.41. The zero-order valence-electron chi connectivity index (χ0n) is 40.6. The van der Waals surface area contributed by atoms with Crippen LogP contribution < -0.4 is 21.3 Å². The highest BCUT2D eigenvalue weighted by Gasteiger charge is 2.31. The van der Waals surface area contributed by atoms with Gasteiger partial charge < -0.3 is 0 Å². The normalized spacial score (nSPS) is 11.3. The molecule has 0 atom stereocenters. The fourth-order valence-corrected chi connectivity index (χ4v) is 11.0. The SMILES string of the molecule is Cc1cc(C)c(B(c2c(C)cc(C)cc2C)c2ccc(N(c3ccc(-c4ccccc4)cc3)c3nc(-c4ccccc4)nc(-c4cccc5cccc(-c6ccccc6)c45)n3)c3ccccc23)c(C)c1. The van der Waals surface area contributed by atoms with Gasteiger partial charge in [-0.3, -0.25) is 4.90 Å². The van der Waals surface area contributed by atoms with E-state index in [2.05, 4.69) is 241 Å². The summed E-state index contributed by atoms with van der Waals surface area (Å²) in [6.07, 6.45) is 0. The first-order valence-electron chi connectivity index (χ1n) is 24.2. The second-order valence-corrected chi connectivity index (χ2v) is 18.7. The van der Waals surface area contributed by atoms with E-state index in [4.69, 9.17) is 15.0 Å². The molecule has 11 rings (SSSR count). The summed E-state index contributed by atoms with van der Waals surface area (Å²) in [5.74, 6) is 1.72. The van der Waals surface area contributed by atoms with Gasteiger partial charge in [0, 0.05) is 27.6 Å². The fraction of sp³-hybridized carbons (Fsp3) is 0.0923. The average Bonchev–Trinajstić information content (AvgIpc) is 3.38. The van der Waals surface area contributed by atoms with Crippen LogP contribution in [0.4, 0.5) is 17.3 Å². The standard InChI is InChI=1S/C65H53BN4/c1-42-38-44(3)61(45(4)39-42)66(62-46(5)40-43(2)41-47(62)6)58-36-37-59(56-29-17-16-28-55(56)58)70(53-34-32-49(33-35-53)48-20-10-7-11-21-48)65-68-63(52-24-14-9-15-25-52)67-64(69-65)57-31-19-27-51-26-18-30-54(60(51)57)50-22-12-8-13-23-50/h7-41H,1-6H3. The number of benzene rings is 10. The quantitative estimate of drug-likeness (QED) is 0.128. The van der Waals surface area contributed by atoms with Crippen molar-refractivity contribution in [1.29, 1.82) is 0 Å². The van der Waals surface area contributed by atoms with Crippen LogP contribution in [0.25, 0.3) is 66.6 Å². The van der Waals surface area contributed by atoms with E-state index in [1.54, 1.807) is 0 Å². The van der Waals surface area contributed by atoms with Crippen LogP contribution in [0.2, 0.25) is 0 Å². The van der Waals surface area contributed by atoms with E-state index in [1.807, 2.05) is 18.2 Å². The van der Waals surface area contributed by atoms with Gasteiger partial charge in [0.15, 0.2) is 11.6 Å². The summed E-state index contributed by atoms with van der Waals surface area (Å²) in [6, 6.07) is 76.0. The lowest BCUT2D eigenvalue weighted by Gasteiger charge is -2.29. The van der Waals surface area contributed by atoms with Crippen LogP contribution in [0, 0.1) is 41.5 Å². The van der Waals surface area contributed by atoms with Gasteiger partial charge in [0.05, 0.1) is 5.69 Å². The minimum absolute atomic E-state index is 0.0163. The number of rotatable bonds is 10. The molecular weight excluding hydrogens is 848 g/mol. The number of nitrogens with zero attached hydrogens (tertiary/aromatic N) is 4. The zero-order chi connectivity index (χ0) is 47.9. The number of aryl methyl sites for hydroxylation is 6. The van der Waals surface area contributed by atoms with Crippen molar-refractivity contribution in [3.8, 4) is 45.0 Å². The maximum Gasteiger partial charge on any atom is 0.243 e. The second kappa shape index (κ2) is 18.6. The van der Waals surface area contributed by atoms with E-state index in [9.17, 15) is 0 Å². The summed E-state index contributed by atoms with van der Waals surface area (Å²) in [7, 11) is 0. The number of aromatic nitrogens is 3. The maximum absolute atomic E-state index is 5.57. The Morgan fingerprint density at radius 3 is 1.44 bits per heavy atom. The van der Waals surface area contributed by atoms with E-state index < -0.39 is 0 Å². The molecule has 70 heavy (non-hydrogen) atoms. The van der Waals surface area contributed by atoms with Crippen LogP contribution >= 0.6 is 0 Å². The van der Waals surface area contributed by atoms with Crippen molar-refractivity contribution in [3.63, 3.8) is 0 Å². The van der Waals surface area contributed by atoms with Gasteiger partial charge in [-0.15, -0.1) is 0 Å². The number of fused-ring (bicyclic) bond motifs is 2. The van der Waals surface area contributed by atoms with Crippen molar-refractivity contribution in [2.45, 2.75) is 41.5 Å². The number of anilines is 3. The molecule has 0 aliphatic heterocycles. The van der Waals surface area contributed by atoms with Crippen LogP contribution in [0.15, 0.2) is 212 Å². The Morgan fingerprint density at radius 2 is 0.857 bits per heavy atom. The van der Waals surface area contributed by atoms with E-state index in [0.717, 1.165) is 60.9 Å². The van der Waals surface area contributed by atoms with E-state index in [1.165, 1.54) is 55.2 Å². The first-order chi connectivity index (χ1) is 34.2. The molecular formula is C65H53BN4. The molecule has 10 aromatic carbocycles. The van der Waals surface area contributed by atoms with E-state index in [0.29, 0.717) is 17.6 Å². The van der Waals surface area contributed by atoms with Gasteiger partial charge in [-0.2, -0.15) is 9.97 Å². The molecule has 5 heteroatoms. The van der Waals surface area contributed by atoms with Gasteiger partial charge in [0.2, 0.25) is 12.7 Å². The van der Waals surface area contributed by atoms with Crippen molar-refractivity contribution >= 4 is 62.0 Å². The minimum atomic E-state index is -0.0163. The summed E-state index contributed by atoms with van der Waals surface area (Å²) >= 11 is 0. The summed E-state index contributed by atoms with van der Waals surface area (Å²) in [5.41, 5.74) is 20.0. The lowest BCUT2D eigenvalue weighted by Crippen LogP contribution is -2.56. The highest BCUT2D eigenvalue weighted by molar-refractivity contribution is 6.98. The van der Waals surface area contributed by atoms with Gasteiger partial charge in [-0.1, -0.05) is 244 Å². The Morgan fingerprint density at radius 1 is 0.371 bits per heavy atom. The molecule has 0 saturated carbocycles. The molecule has 11 aromatic rings. The van der Waals surface area contributed by atoms with Gasteiger partial charge >= 0.3 is 0 Å². The molecule has 0 radical (unpaired) electrons. The Kier molecular flexibility index (Phi) is 11.7. The third-order valence-corrected chi connectivity index (χ3v) is 13.9. The predicted octanol–water partition coefficient (Wildman–Crippen LogP) is 14.7. The van der Waals surface area contributed by atoms with Crippen LogP contribution in [-0.4, -0.2) is 21.7 Å². The first kappa shape index (κ1) is 44.1. The number of hydrogen-bond acceptors (Lipinski definition) is 4. The Hall–Kier alpha value is -8.41. The van der Waals surface area contributed by atoms with Crippen LogP contribution in [0.1, 0.15) is 33.4 Å². The molecule has 1 heterocycles. The number of hydrogen-bond donors (Lipinski definition) is 0. The van der Waals surface area contributed by atoms with Gasteiger partial charge in [0.25, 0.3) is 0 Å². The highest BCUT2D eigenvalue weighted by atomic mass is 15.3. The van der Waals surface area contributed by atoms with Crippen molar-refractivity contribution in [2.75, 3.05) is 4.90 Å². The summed E-state index contributed by atoms with van der Waals surface area (Å²) < 4.78 is 0. The summed E-state index contributed by atoms with van der Waals surface area (Å²) in [4.78, 5) is 18.6. The van der Waals surface area contributed by atoms with Gasteiger partial charge in [-0.25, -0.2) is 4.98 Å². The molecule has 1 aromatic heterocycles. The van der Waals surface area contributed by atoms with Crippen LogP contribution in [-0.2, 0) is 0 Å². The molecule has 0 aliphatic rings. The molecule has 4 nitrogen and oxygen atoms in total. The second-order valence-electron chi connectivity index (χ2n) is 18.7. The molecule has 0 bridgehead atoms. The molecule has 0 fully saturated rings. The molecule has 0 aliphatic carbocycles. The van der Waals surface area contributed by atoms with Crippen LogP contribution in [0.3, 0.4) is 0 Å².